The first-order chi connectivity index (χ1) is 13.4. The van der Waals surface area contributed by atoms with E-state index >= 15 is 0 Å². The van der Waals surface area contributed by atoms with Crippen molar-refractivity contribution in [2.45, 2.75) is 37.3 Å². The maximum Gasteiger partial charge on any atom is 0.315 e. The summed E-state index contributed by atoms with van der Waals surface area (Å²) in [6, 6.07) is 11.6. The molecule has 144 valence electrons. The maximum atomic E-state index is 11.8. The number of nitro groups is 1. The molecule has 0 N–H and O–H groups in total. The molecule has 5 rings (SSSR count). The van der Waals surface area contributed by atoms with E-state index in [0.717, 1.165) is 30.5 Å². The Balaban J connectivity index is 1.79. The van der Waals surface area contributed by atoms with E-state index in [1.165, 1.54) is 18.7 Å². The van der Waals surface area contributed by atoms with Crippen molar-refractivity contribution in [2.75, 3.05) is 19.1 Å². The lowest BCUT2D eigenvalue weighted by Gasteiger charge is -2.53. The first-order valence-electron chi connectivity index (χ1n) is 9.52. The average Bonchev–Trinajstić information content (AvgIpc) is 2.89. The number of fused-ring (bicyclic) bond motifs is 3. The standard InChI is InChI=1S/C22H22N2O4/c1-21-10-6-7-15-11-14-12-16(27-3)13-19(24(25)26)20(14)28-22(15,21)23(2)18-9-5-4-8-17(18)21/h4-5,8-9,11-13H,6-7,10H2,1-3H3/t21-,22+/m1/s1. The van der Waals surface area contributed by atoms with Gasteiger partial charge in [-0.15, -0.1) is 0 Å². The number of benzene rings is 2. The predicted octanol–water partition coefficient (Wildman–Crippen LogP) is 4.67. The van der Waals surface area contributed by atoms with E-state index in [2.05, 4.69) is 36.1 Å². The van der Waals surface area contributed by atoms with Gasteiger partial charge in [-0.3, -0.25) is 10.1 Å². The van der Waals surface area contributed by atoms with E-state index < -0.39 is 5.72 Å². The Kier molecular flexibility index (Phi) is 3.36. The monoisotopic (exact) mass is 378 g/mol. The molecule has 1 fully saturated rings. The summed E-state index contributed by atoms with van der Waals surface area (Å²) >= 11 is 0. The van der Waals surface area contributed by atoms with E-state index in [9.17, 15) is 10.1 Å². The Morgan fingerprint density at radius 3 is 2.82 bits per heavy atom. The number of rotatable bonds is 2. The van der Waals surface area contributed by atoms with Crippen LogP contribution in [0.2, 0.25) is 0 Å². The van der Waals surface area contributed by atoms with Crippen molar-refractivity contribution in [1.82, 2.24) is 0 Å². The van der Waals surface area contributed by atoms with Gasteiger partial charge in [0, 0.05) is 18.3 Å². The van der Waals surface area contributed by atoms with Gasteiger partial charge in [0.15, 0.2) is 0 Å². The highest BCUT2D eigenvalue weighted by molar-refractivity contribution is 5.78. The Morgan fingerprint density at radius 2 is 2.07 bits per heavy atom. The normalized spacial score (nSPS) is 27.0. The zero-order valence-electron chi connectivity index (χ0n) is 16.2. The third-order valence-corrected chi connectivity index (χ3v) is 6.72. The van der Waals surface area contributed by atoms with Crippen molar-refractivity contribution in [1.29, 1.82) is 0 Å². The molecule has 6 nitrogen and oxygen atoms in total. The number of anilines is 1. The summed E-state index contributed by atoms with van der Waals surface area (Å²) in [5, 5.41) is 11.8. The van der Waals surface area contributed by atoms with Crippen LogP contribution in [0.3, 0.4) is 0 Å². The number of hydrogen-bond donors (Lipinski definition) is 0. The molecule has 0 unspecified atom stereocenters. The molecule has 2 atom stereocenters. The third-order valence-electron chi connectivity index (χ3n) is 6.72. The largest absolute Gasteiger partial charge is 0.496 e. The number of hydrogen-bond acceptors (Lipinski definition) is 5. The molecular formula is C22H22N2O4. The SMILES string of the molecule is COc1cc2c(c([N+](=O)[O-])c1)O[C@@]13C(=C2)CCC[C@]1(C)c1ccccc1N3C. The lowest BCUT2D eigenvalue weighted by Crippen LogP contribution is -2.63. The third kappa shape index (κ3) is 1.87. The lowest BCUT2D eigenvalue weighted by atomic mass is 9.64. The molecule has 0 bridgehead atoms. The molecule has 0 saturated heterocycles. The van der Waals surface area contributed by atoms with Gasteiger partial charge in [-0.05, 0) is 55.5 Å². The molecule has 2 aromatic carbocycles. The molecule has 2 aromatic rings. The van der Waals surface area contributed by atoms with Gasteiger partial charge in [-0.1, -0.05) is 18.2 Å². The maximum absolute atomic E-state index is 11.8. The van der Waals surface area contributed by atoms with Crippen LogP contribution in [0.15, 0.2) is 42.0 Å². The highest BCUT2D eigenvalue weighted by Gasteiger charge is 2.65. The van der Waals surface area contributed by atoms with Gasteiger partial charge in [0.1, 0.15) is 5.75 Å². The van der Waals surface area contributed by atoms with Crippen molar-refractivity contribution in [2.24, 2.45) is 0 Å². The molecule has 1 spiro atoms. The molecule has 6 heteroatoms. The number of nitrogens with zero attached hydrogens (tertiary/aromatic N) is 2. The van der Waals surface area contributed by atoms with Crippen molar-refractivity contribution in [3.63, 3.8) is 0 Å². The smallest absolute Gasteiger partial charge is 0.315 e. The second-order valence-corrected chi connectivity index (χ2v) is 8.00. The summed E-state index contributed by atoms with van der Waals surface area (Å²) in [5.74, 6) is 0.783. The molecule has 0 amide bonds. The number of likely N-dealkylation sites (N-methyl/N-ethyl adjacent to an activating group) is 1. The van der Waals surface area contributed by atoms with Gasteiger partial charge in [-0.25, -0.2) is 0 Å². The van der Waals surface area contributed by atoms with E-state index in [0.29, 0.717) is 17.1 Å². The number of ether oxygens (including phenoxy) is 2. The van der Waals surface area contributed by atoms with E-state index in [1.807, 2.05) is 19.2 Å². The molecule has 2 aliphatic heterocycles. The lowest BCUT2D eigenvalue weighted by molar-refractivity contribution is -0.386. The summed E-state index contributed by atoms with van der Waals surface area (Å²) in [7, 11) is 3.55. The fraction of sp³-hybridized carbons (Fsp3) is 0.364. The predicted molar refractivity (Wildman–Crippen MR) is 107 cm³/mol. The second-order valence-electron chi connectivity index (χ2n) is 8.00. The van der Waals surface area contributed by atoms with Gasteiger partial charge in [0.25, 0.3) is 0 Å². The second kappa shape index (κ2) is 5.50. The number of methoxy groups -OCH3 is 1. The van der Waals surface area contributed by atoms with E-state index in [-0.39, 0.29) is 16.0 Å². The fourth-order valence-corrected chi connectivity index (χ4v) is 5.46. The Labute approximate surface area is 163 Å². The van der Waals surface area contributed by atoms with Crippen LogP contribution in [0, 0.1) is 10.1 Å². The molecule has 2 heterocycles. The van der Waals surface area contributed by atoms with Gasteiger partial charge in [0.05, 0.1) is 23.5 Å². The zero-order chi connectivity index (χ0) is 19.7. The van der Waals surface area contributed by atoms with Crippen LogP contribution in [-0.4, -0.2) is 24.8 Å². The molecule has 0 radical (unpaired) electrons. The quantitative estimate of drug-likeness (QED) is 0.561. The minimum Gasteiger partial charge on any atom is -0.496 e. The molecular weight excluding hydrogens is 356 g/mol. The Bertz CT molecular complexity index is 1050. The molecule has 1 saturated carbocycles. The first kappa shape index (κ1) is 17.1. The van der Waals surface area contributed by atoms with Crippen LogP contribution in [0.5, 0.6) is 11.5 Å². The van der Waals surface area contributed by atoms with Crippen molar-refractivity contribution in [3.8, 4) is 11.5 Å². The molecule has 0 aromatic heterocycles. The van der Waals surface area contributed by atoms with Crippen molar-refractivity contribution >= 4 is 17.5 Å². The van der Waals surface area contributed by atoms with Crippen LogP contribution in [0.4, 0.5) is 11.4 Å². The van der Waals surface area contributed by atoms with Gasteiger partial charge in [0.2, 0.25) is 11.5 Å². The van der Waals surface area contributed by atoms with Gasteiger partial charge < -0.3 is 14.4 Å². The fourth-order valence-electron chi connectivity index (χ4n) is 5.46. The van der Waals surface area contributed by atoms with E-state index in [1.54, 1.807) is 0 Å². The summed E-state index contributed by atoms with van der Waals surface area (Å²) in [5.41, 5.74) is 3.14. The molecule has 3 aliphatic rings. The van der Waals surface area contributed by atoms with Crippen LogP contribution >= 0.6 is 0 Å². The van der Waals surface area contributed by atoms with Crippen LogP contribution < -0.4 is 14.4 Å². The molecule has 1 aliphatic carbocycles. The van der Waals surface area contributed by atoms with Gasteiger partial charge in [-0.2, -0.15) is 0 Å². The summed E-state index contributed by atoms with van der Waals surface area (Å²) in [6.45, 7) is 2.22. The minimum atomic E-state index is -0.749. The highest BCUT2D eigenvalue weighted by atomic mass is 16.6. The topological polar surface area (TPSA) is 64.8 Å². The summed E-state index contributed by atoms with van der Waals surface area (Å²) < 4.78 is 12.0. The first-order valence-corrected chi connectivity index (χ1v) is 9.52. The van der Waals surface area contributed by atoms with Crippen LogP contribution in [0.25, 0.3) is 6.08 Å². The van der Waals surface area contributed by atoms with Crippen molar-refractivity contribution < 1.29 is 14.4 Å². The number of para-hydroxylation sites is 1. The van der Waals surface area contributed by atoms with Crippen LogP contribution in [0.1, 0.15) is 37.3 Å². The summed E-state index contributed by atoms with van der Waals surface area (Å²) in [6.07, 6.45) is 4.99. The zero-order valence-corrected chi connectivity index (χ0v) is 16.2. The number of nitro benzene ring substituents is 1. The highest BCUT2D eigenvalue weighted by Crippen LogP contribution is 2.62. The van der Waals surface area contributed by atoms with E-state index in [4.69, 9.17) is 9.47 Å². The Morgan fingerprint density at radius 1 is 1.29 bits per heavy atom. The van der Waals surface area contributed by atoms with Crippen LogP contribution in [-0.2, 0) is 5.41 Å². The Hall–Kier alpha value is -3.02. The summed E-state index contributed by atoms with van der Waals surface area (Å²) in [4.78, 5) is 13.6. The minimum absolute atomic E-state index is 0.0590. The van der Waals surface area contributed by atoms with Crippen molar-refractivity contribution in [3.05, 3.63) is 63.2 Å². The molecule has 28 heavy (non-hydrogen) atoms. The average molecular weight is 378 g/mol. The van der Waals surface area contributed by atoms with Gasteiger partial charge >= 0.3 is 5.69 Å².